The molecule has 0 saturated carbocycles. The number of hydrogen-bond donors (Lipinski definition) is 0. The highest BCUT2D eigenvalue weighted by atomic mass is 16.5. The van der Waals surface area contributed by atoms with Gasteiger partial charge in [0.15, 0.2) is 5.82 Å². The second-order valence-electron chi connectivity index (χ2n) is 6.49. The number of anilines is 1. The summed E-state index contributed by atoms with van der Waals surface area (Å²) in [5.74, 6) is 2.05. The molecule has 8 heteroatoms. The number of nitrogens with zero attached hydrogens (tertiary/aromatic N) is 5. The fourth-order valence-corrected chi connectivity index (χ4v) is 3.26. The number of aryl methyl sites for hydroxylation is 2. The zero-order chi connectivity index (χ0) is 18.7. The van der Waals surface area contributed by atoms with Gasteiger partial charge in [0.25, 0.3) is 5.88 Å². The first kappa shape index (κ1) is 18.2. The Labute approximate surface area is 153 Å². The molecule has 0 unspecified atom stereocenters. The van der Waals surface area contributed by atoms with Gasteiger partial charge in [-0.05, 0) is 27.2 Å². The van der Waals surface area contributed by atoms with Crippen LogP contribution in [0, 0.1) is 13.8 Å². The number of carbonyl (C=O) groups is 1. The lowest BCUT2D eigenvalue weighted by Crippen LogP contribution is -2.40. The third-order valence-corrected chi connectivity index (χ3v) is 4.84. The van der Waals surface area contributed by atoms with E-state index in [0.29, 0.717) is 31.2 Å². The van der Waals surface area contributed by atoms with Crippen LogP contribution in [0.4, 0.5) is 5.82 Å². The van der Waals surface area contributed by atoms with Gasteiger partial charge in [-0.1, -0.05) is 5.16 Å². The van der Waals surface area contributed by atoms with E-state index in [1.54, 1.807) is 12.4 Å². The molecule has 8 nitrogen and oxygen atoms in total. The summed E-state index contributed by atoms with van der Waals surface area (Å²) in [4.78, 5) is 25.3. The largest absolute Gasteiger partial charge is 0.475 e. The Balaban J connectivity index is 1.66. The van der Waals surface area contributed by atoms with Gasteiger partial charge in [0.2, 0.25) is 5.91 Å². The van der Waals surface area contributed by atoms with Crippen LogP contribution >= 0.6 is 0 Å². The Kier molecular flexibility index (Phi) is 5.39. The van der Waals surface area contributed by atoms with Crippen LogP contribution in [-0.4, -0.2) is 58.7 Å². The summed E-state index contributed by atoms with van der Waals surface area (Å²) >= 11 is 0. The van der Waals surface area contributed by atoms with Crippen molar-refractivity contribution < 1.29 is 14.1 Å². The first-order valence-electron chi connectivity index (χ1n) is 8.87. The highest BCUT2D eigenvalue weighted by Gasteiger charge is 2.31. The molecule has 0 radical (unpaired) electrons. The van der Waals surface area contributed by atoms with Crippen LogP contribution in [0.15, 0.2) is 16.9 Å². The van der Waals surface area contributed by atoms with E-state index in [2.05, 4.69) is 20.0 Å². The van der Waals surface area contributed by atoms with Crippen molar-refractivity contribution in [3.8, 4) is 5.88 Å². The highest BCUT2D eigenvalue weighted by molar-refractivity contribution is 5.79. The third kappa shape index (κ3) is 3.63. The minimum atomic E-state index is 0.0652. The number of aromatic nitrogens is 3. The number of hydrogen-bond acceptors (Lipinski definition) is 7. The molecule has 1 fully saturated rings. The maximum atomic E-state index is 12.7. The van der Waals surface area contributed by atoms with Crippen molar-refractivity contribution in [3.05, 3.63) is 29.4 Å². The summed E-state index contributed by atoms with van der Waals surface area (Å²) in [7, 11) is 1.86. The summed E-state index contributed by atoms with van der Waals surface area (Å²) in [6.45, 7) is 7.68. The Morgan fingerprint density at radius 2 is 2.15 bits per heavy atom. The van der Waals surface area contributed by atoms with Crippen LogP contribution in [0.25, 0.3) is 0 Å². The van der Waals surface area contributed by atoms with E-state index in [9.17, 15) is 4.79 Å². The van der Waals surface area contributed by atoms with Crippen molar-refractivity contribution in [1.29, 1.82) is 0 Å². The van der Waals surface area contributed by atoms with Crippen molar-refractivity contribution in [1.82, 2.24) is 20.0 Å². The first-order valence-corrected chi connectivity index (χ1v) is 8.87. The van der Waals surface area contributed by atoms with Crippen molar-refractivity contribution >= 4 is 11.7 Å². The van der Waals surface area contributed by atoms with E-state index < -0.39 is 0 Å². The van der Waals surface area contributed by atoms with Crippen LogP contribution in [-0.2, 0) is 11.2 Å². The molecule has 1 saturated heterocycles. The summed E-state index contributed by atoms with van der Waals surface area (Å²) in [5, 5.41) is 3.92. The zero-order valence-corrected chi connectivity index (χ0v) is 15.7. The lowest BCUT2D eigenvalue weighted by atomic mass is 10.1. The van der Waals surface area contributed by atoms with Gasteiger partial charge < -0.3 is 19.1 Å². The predicted molar refractivity (Wildman–Crippen MR) is 96.3 cm³/mol. The smallest absolute Gasteiger partial charge is 0.257 e. The van der Waals surface area contributed by atoms with Gasteiger partial charge in [-0.25, -0.2) is 9.97 Å². The second kappa shape index (κ2) is 7.72. The summed E-state index contributed by atoms with van der Waals surface area (Å²) in [6.07, 6.45) is 4.48. The molecule has 1 atom stereocenters. The summed E-state index contributed by atoms with van der Waals surface area (Å²) < 4.78 is 10.7. The first-order chi connectivity index (χ1) is 12.5. The standard InChI is InChI=1S/C18H25N5O3/c1-5-25-18-17(19-7-8-20-18)23-9-6-14(11-23)22(4)16(24)10-15-12(2)21-26-13(15)3/h7-8,14H,5-6,9-11H2,1-4H3/t14-/m0/s1. The molecule has 1 aliphatic rings. The van der Waals surface area contributed by atoms with E-state index >= 15 is 0 Å². The second-order valence-corrected chi connectivity index (χ2v) is 6.49. The van der Waals surface area contributed by atoms with Gasteiger partial charge in [-0.2, -0.15) is 0 Å². The van der Waals surface area contributed by atoms with Crippen molar-refractivity contribution in [2.24, 2.45) is 0 Å². The van der Waals surface area contributed by atoms with Crippen molar-refractivity contribution in [3.63, 3.8) is 0 Å². The Morgan fingerprint density at radius 3 is 2.85 bits per heavy atom. The molecule has 0 spiro atoms. The van der Waals surface area contributed by atoms with Crippen LogP contribution in [0.5, 0.6) is 5.88 Å². The van der Waals surface area contributed by atoms with E-state index in [4.69, 9.17) is 9.26 Å². The molecule has 2 aromatic heterocycles. The highest BCUT2D eigenvalue weighted by Crippen LogP contribution is 2.28. The lowest BCUT2D eigenvalue weighted by molar-refractivity contribution is -0.130. The van der Waals surface area contributed by atoms with Crippen LogP contribution in [0.2, 0.25) is 0 Å². The van der Waals surface area contributed by atoms with Crippen LogP contribution in [0.1, 0.15) is 30.4 Å². The topological polar surface area (TPSA) is 84.6 Å². The zero-order valence-electron chi connectivity index (χ0n) is 15.7. The molecule has 1 aliphatic heterocycles. The molecule has 26 heavy (non-hydrogen) atoms. The molecular formula is C18H25N5O3. The van der Waals surface area contributed by atoms with Crippen molar-refractivity contribution in [2.75, 3.05) is 31.6 Å². The average Bonchev–Trinajstić information content (AvgIpc) is 3.24. The monoisotopic (exact) mass is 359 g/mol. The Morgan fingerprint density at radius 1 is 1.38 bits per heavy atom. The van der Waals surface area contributed by atoms with Gasteiger partial charge in [-0.3, -0.25) is 4.79 Å². The maximum absolute atomic E-state index is 12.7. The fourth-order valence-electron chi connectivity index (χ4n) is 3.26. The average molecular weight is 359 g/mol. The van der Waals surface area contributed by atoms with Crippen LogP contribution in [0.3, 0.4) is 0 Å². The Hall–Kier alpha value is -2.64. The van der Waals surface area contributed by atoms with Crippen LogP contribution < -0.4 is 9.64 Å². The molecule has 3 rings (SSSR count). The molecule has 0 N–H and O–H groups in total. The van der Waals surface area contributed by atoms with Gasteiger partial charge >= 0.3 is 0 Å². The van der Waals surface area contributed by atoms with Gasteiger partial charge in [0, 0.05) is 38.1 Å². The SMILES string of the molecule is CCOc1nccnc1N1CC[C@H](N(C)C(=O)Cc2c(C)noc2C)C1. The fraction of sp³-hybridized carbons (Fsp3) is 0.556. The number of likely N-dealkylation sites (N-methyl/N-ethyl adjacent to an activating group) is 1. The van der Waals surface area contributed by atoms with Gasteiger partial charge in [0.05, 0.1) is 24.8 Å². The number of rotatable bonds is 6. The predicted octanol–water partition coefficient (Wildman–Crippen LogP) is 1.76. The minimum absolute atomic E-state index is 0.0652. The number of ether oxygens (including phenoxy) is 1. The molecule has 140 valence electrons. The van der Waals surface area contributed by atoms with E-state index in [0.717, 1.165) is 30.0 Å². The van der Waals surface area contributed by atoms with Gasteiger partial charge in [0.1, 0.15) is 5.76 Å². The van der Waals surface area contributed by atoms with E-state index in [-0.39, 0.29) is 11.9 Å². The van der Waals surface area contributed by atoms with E-state index in [1.807, 2.05) is 32.7 Å². The van der Waals surface area contributed by atoms with Gasteiger partial charge in [-0.15, -0.1) is 0 Å². The molecule has 2 aromatic rings. The Bertz CT molecular complexity index is 756. The third-order valence-electron chi connectivity index (χ3n) is 4.84. The molecule has 0 bridgehead atoms. The molecular weight excluding hydrogens is 334 g/mol. The summed E-state index contributed by atoms with van der Waals surface area (Å²) in [6, 6.07) is 0.124. The molecule has 0 aliphatic carbocycles. The quantitative estimate of drug-likeness (QED) is 0.777. The molecule has 3 heterocycles. The van der Waals surface area contributed by atoms with E-state index in [1.165, 1.54) is 0 Å². The summed E-state index contributed by atoms with van der Waals surface area (Å²) in [5.41, 5.74) is 1.66. The molecule has 1 amide bonds. The lowest BCUT2D eigenvalue weighted by Gasteiger charge is -2.25. The maximum Gasteiger partial charge on any atom is 0.257 e. The normalized spacial score (nSPS) is 16.8. The minimum Gasteiger partial charge on any atom is -0.475 e. The van der Waals surface area contributed by atoms with Crippen molar-refractivity contribution in [2.45, 2.75) is 39.7 Å². The number of amides is 1. The molecule has 0 aromatic carbocycles. The number of carbonyl (C=O) groups excluding carboxylic acids is 1.